The van der Waals surface area contributed by atoms with Crippen LogP contribution in [0.4, 0.5) is 13.2 Å². The number of hydrogen-bond donors (Lipinski definition) is 0. The van der Waals surface area contributed by atoms with Gasteiger partial charge in [0.1, 0.15) is 12.7 Å². The molecule has 0 unspecified atom stereocenters. The number of amides is 1. The average molecular weight is 550 g/mol. The van der Waals surface area contributed by atoms with Gasteiger partial charge in [0, 0.05) is 23.6 Å². The zero-order valence-electron chi connectivity index (χ0n) is 20.3. The van der Waals surface area contributed by atoms with Crippen LogP contribution in [0.5, 0.6) is 5.75 Å². The third-order valence-corrected chi connectivity index (χ3v) is 9.03. The number of carbonyl (C=O) groups excluding carboxylic acids is 1. The number of alkyl halides is 3. The Hall–Kier alpha value is -2.92. The highest BCUT2D eigenvalue weighted by molar-refractivity contribution is 8.00. The fourth-order valence-corrected chi connectivity index (χ4v) is 6.84. The van der Waals surface area contributed by atoms with Crippen LogP contribution < -0.4 is 15.2 Å². The number of unbranched alkanes of at least 4 members (excludes halogenated alkanes) is 1. The van der Waals surface area contributed by atoms with E-state index >= 15 is 0 Å². The molecule has 0 fully saturated rings. The molecule has 0 spiro atoms. The summed E-state index contributed by atoms with van der Waals surface area (Å²) in [6, 6.07) is 8.59. The van der Waals surface area contributed by atoms with Crippen molar-refractivity contribution in [2.45, 2.75) is 54.9 Å². The van der Waals surface area contributed by atoms with E-state index < -0.39 is 29.6 Å². The fourth-order valence-electron chi connectivity index (χ4n) is 4.67. The summed E-state index contributed by atoms with van der Waals surface area (Å²) in [5.74, 6) is -0.378. The predicted molar refractivity (Wildman–Crippen MR) is 138 cm³/mol. The molecule has 3 aromatic rings. The molecule has 4 heterocycles. The van der Waals surface area contributed by atoms with Crippen LogP contribution in [0.25, 0.3) is 0 Å². The summed E-state index contributed by atoms with van der Waals surface area (Å²) in [6.45, 7) is 2.79. The number of nitrogens with zero attached hydrogens (tertiary/aromatic N) is 3. The number of thioether (sulfide) groups is 1. The maximum atomic E-state index is 14.0. The molecular formula is C26H26F3N3O3S2. The summed E-state index contributed by atoms with van der Waals surface area (Å²) < 4.78 is 50.2. The number of ether oxygens (including phenoxy) is 1. The van der Waals surface area contributed by atoms with Gasteiger partial charge < -0.3 is 9.64 Å². The molecule has 0 radical (unpaired) electrons. The molecule has 37 heavy (non-hydrogen) atoms. The molecule has 2 aliphatic rings. The SMILES string of the molecule is CCCCOc1c2n(ccc1=O)N([C@H]1c3ccccc3CSc3sccc31)CN([C@H](C)C(F)(F)F)C2=O. The number of rotatable bonds is 6. The van der Waals surface area contributed by atoms with Crippen molar-refractivity contribution in [3.8, 4) is 5.75 Å². The minimum Gasteiger partial charge on any atom is -0.487 e. The Labute approximate surface area is 220 Å². The normalized spacial score (nSPS) is 18.1. The first-order valence-corrected chi connectivity index (χ1v) is 13.9. The van der Waals surface area contributed by atoms with Gasteiger partial charge in [-0.15, -0.1) is 23.1 Å². The summed E-state index contributed by atoms with van der Waals surface area (Å²) in [5.41, 5.74) is 2.24. The van der Waals surface area contributed by atoms with Crippen molar-refractivity contribution in [2.24, 2.45) is 0 Å². The molecule has 196 valence electrons. The van der Waals surface area contributed by atoms with E-state index in [0.29, 0.717) is 6.42 Å². The lowest BCUT2D eigenvalue weighted by Gasteiger charge is -2.46. The first-order chi connectivity index (χ1) is 17.7. The van der Waals surface area contributed by atoms with Crippen molar-refractivity contribution in [2.75, 3.05) is 18.3 Å². The molecule has 1 amide bonds. The molecule has 2 aromatic heterocycles. The van der Waals surface area contributed by atoms with Crippen LogP contribution in [-0.2, 0) is 5.75 Å². The van der Waals surface area contributed by atoms with Crippen LogP contribution in [0.3, 0.4) is 0 Å². The van der Waals surface area contributed by atoms with Gasteiger partial charge >= 0.3 is 6.18 Å². The minimum absolute atomic E-state index is 0.183. The number of hydrogen-bond acceptors (Lipinski definition) is 6. The van der Waals surface area contributed by atoms with Gasteiger partial charge in [-0.1, -0.05) is 37.6 Å². The van der Waals surface area contributed by atoms with E-state index in [2.05, 4.69) is 0 Å². The molecule has 5 rings (SSSR count). The van der Waals surface area contributed by atoms with Gasteiger partial charge in [-0.2, -0.15) is 13.2 Å². The maximum absolute atomic E-state index is 14.0. The number of benzene rings is 1. The van der Waals surface area contributed by atoms with E-state index in [-0.39, 0.29) is 24.7 Å². The first kappa shape index (κ1) is 25.7. The number of pyridine rings is 1. The highest BCUT2D eigenvalue weighted by Crippen LogP contribution is 2.45. The first-order valence-electron chi connectivity index (χ1n) is 12.0. The van der Waals surface area contributed by atoms with Crippen molar-refractivity contribution in [1.29, 1.82) is 0 Å². The van der Waals surface area contributed by atoms with Gasteiger partial charge in [0.15, 0.2) is 11.4 Å². The minimum atomic E-state index is -4.65. The number of thiophene rings is 1. The lowest BCUT2D eigenvalue weighted by molar-refractivity contribution is -0.173. The largest absolute Gasteiger partial charge is 0.487 e. The number of halogens is 3. The van der Waals surface area contributed by atoms with E-state index in [1.54, 1.807) is 28.1 Å². The van der Waals surface area contributed by atoms with E-state index in [1.807, 2.05) is 42.6 Å². The molecule has 6 nitrogen and oxygen atoms in total. The van der Waals surface area contributed by atoms with Crippen molar-refractivity contribution in [1.82, 2.24) is 9.58 Å². The third-order valence-electron chi connectivity index (χ3n) is 6.72. The number of fused-ring (bicyclic) bond motifs is 3. The highest BCUT2D eigenvalue weighted by Gasteiger charge is 2.47. The van der Waals surface area contributed by atoms with E-state index in [9.17, 15) is 22.8 Å². The summed E-state index contributed by atoms with van der Waals surface area (Å²) in [6.07, 6.45) is -1.75. The Balaban J connectivity index is 1.73. The molecule has 0 aliphatic carbocycles. The van der Waals surface area contributed by atoms with Gasteiger partial charge in [-0.3, -0.25) is 19.3 Å². The lowest BCUT2D eigenvalue weighted by atomic mass is 9.96. The summed E-state index contributed by atoms with van der Waals surface area (Å²) in [7, 11) is 0. The zero-order valence-corrected chi connectivity index (χ0v) is 22.0. The van der Waals surface area contributed by atoms with Crippen molar-refractivity contribution < 1.29 is 22.7 Å². The van der Waals surface area contributed by atoms with Crippen molar-refractivity contribution in [3.63, 3.8) is 0 Å². The quantitative estimate of drug-likeness (QED) is 0.365. The van der Waals surface area contributed by atoms with Gasteiger partial charge in [-0.25, -0.2) is 0 Å². The molecule has 1 aromatic carbocycles. The second-order valence-corrected chi connectivity index (χ2v) is 11.2. The van der Waals surface area contributed by atoms with E-state index in [4.69, 9.17) is 4.74 Å². The van der Waals surface area contributed by atoms with Crippen LogP contribution in [0.15, 0.2) is 57.0 Å². The standard InChI is InChI=1S/C26H26F3N3O3S2/c1-3-4-12-35-23-20(33)9-11-31-22(23)24(34)30(16(2)26(27,28)29)15-32(31)21-18-8-6-5-7-17(18)14-37-25-19(21)10-13-36-25/h5-11,13,16,21H,3-4,12,14-15H2,1-2H3/t16-,21+/m1/s1. The summed E-state index contributed by atoms with van der Waals surface area (Å²) >= 11 is 3.27. The van der Waals surface area contributed by atoms with Gasteiger partial charge in [0.25, 0.3) is 5.91 Å². The molecule has 0 saturated heterocycles. The van der Waals surface area contributed by atoms with Crippen LogP contribution in [-0.4, -0.2) is 41.0 Å². The Bertz CT molecular complexity index is 1370. The lowest BCUT2D eigenvalue weighted by Crippen LogP contribution is -2.60. The molecule has 11 heteroatoms. The molecule has 2 aliphatic heterocycles. The van der Waals surface area contributed by atoms with Crippen molar-refractivity contribution >= 4 is 29.0 Å². The molecule has 0 N–H and O–H groups in total. The average Bonchev–Trinajstić information content (AvgIpc) is 3.27. The second-order valence-electron chi connectivity index (χ2n) is 9.03. The summed E-state index contributed by atoms with van der Waals surface area (Å²) in [4.78, 5) is 27.2. The van der Waals surface area contributed by atoms with Gasteiger partial charge in [0.2, 0.25) is 5.43 Å². The molecule has 0 saturated carbocycles. The monoisotopic (exact) mass is 549 g/mol. The van der Waals surface area contributed by atoms with Gasteiger partial charge in [0.05, 0.1) is 16.9 Å². The smallest absolute Gasteiger partial charge is 0.408 e. The van der Waals surface area contributed by atoms with Crippen LogP contribution in [0.2, 0.25) is 0 Å². The predicted octanol–water partition coefficient (Wildman–Crippen LogP) is 5.79. The summed E-state index contributed by atoms with van der Waals surface area (Å²) in [5, 5.41) is 3.71. The molecular weight excluding hydrogens is 523 g/mol. The van der Waals surface area contributed by atoms with Gasteiger partial charge in [-0.05, 0) is 35.9 Å². The van der Waals surface area contributed by atoms with Crippen LogP contribution >= 0.6 is 23.1 Å². The fraction of sp³-hybridized carbons (Fsp3) is 0.385. The van der Waals surface area contributed by atoms with E-state index in [1.165, 1.54) is 16.9 Å². The number of carbonyl (C=O) groups is 1. The molecule has 0 bridgehead atoms. The zero-order chi connectivity index (χ0) is 26.3. The van der Waals surface area contributed by atoms with E-state index in [0.717, 1.165) is 44.9 Å². The Morgan fingerprint density at radius 2 is 1.92 bits per heavy atom. The van der Waals surface area contributed by atoms with Crippen LogP contribution in [0, 0.1) is 0 Å². The Kier molecular flexibility index (Phi) is 7.01. The molecule has 2 atom stereocenters. The van der Waals surface area contributed by atoms with Crippen molar-refractivity contribution in [3.05, 3.63) is 80.6 Å². The van der Waals surface area contributed by atoms with Crippen LogP contribution in [0.1, 0.15) is 59.9 Å². The maximum Gasteiger partial charge on any atom is 0.408 e. The number of aromatic nitrogens is 1. The highest BCUT2D eigenvalue weighted by atomic mass is 32.2. The topological polar surface area (TPSA) is 54.8 Å². The second kappa shape index (κ2) is 10.1. The third kappa shape index (κ3) is 4.63. The Morgan fingerprint density at radius 1 is 1.14 bits per heavy atom. The Morgan fingerprint density at radius 3 is 2.68 bits per heavy atom.